The molecule has 0 saturated heterocycles. The number of hydrogen-bond donors (Lipinski definition) is 2. The lowest BCUT2D eigenvalue weighted by molar-refractivity contribution is -0.138. The van der Waals surface area contributed by atoms with Crippen molar-refractivity contribution in [1.29, 1.82) is 10.7 Å². The minimum absolute atomic E-state index is 0.0212. The number of carbonyl (C=O) groups excluding carboxylic acids is 2. The van der Waals surface area contributed by atoms with E-state index >= 15 is 0 Å². The molecule has 1 aliphatic rings. The molecular formula is C25H24F3N5O5S. The molecule has 206 valence electrons. The zero-order valence-electron chi connectivity index (χ0n) is 21.0. The molecule has 0 aromatic heterocycles. The van der Waals surface area contributed by atoms with Crippen molar-refractivity contribution in [1.82, 2.24) is 4.90 Å². The Kier molecular flexibility index (Phi) is 8.06. The van der Waals surface area contributed by atoms with Crippen LogP contribution in [0.5, 0.6) is 0 Å². The number of aryl methyl sites for hydroxylation is 1. The second kappa shape index (κ2) is 10.8. The summed E-state index contributed by atoms with van der Waals surface area (Å²) in [4.78, 5) is 27.5. The molecule has 2 aromatic carbocycles. The maximum Gasteiger partial charge on any atom is 0.416 e. The molecule has 39 heavy (non-hydrogen) atoms. The lowest BCUT2D eigenvalue weighted by Gasteiger charge is -2.43. The normalized spacial score (nSPS) is 16.2. The van der Waals surface area contributed by atoms with Crippen LogP contribution in [0, 0.1) is 16.7 Å². The number of benzene rings is 2. The van der Waals surface area contributed by atoms with Gasteiger partial charge in [0.1, 0.15) is 15.9 Å². The lowest BCUT2D eigenvalue weighted by Crippen LogP contribution is -2.55. The van der Waals surface area contributed by atoms with Crippen LogP contribution in [0.1, 0.15) is 35.2 Å². The monoisotopic (exact) mass is 563 g/mol. The predicted octanol–water partition coefficient (Wildman–Crippen LogP) is 3.49. The maximum atomic E-state index is 13.4. The zero-order chi connectivity index (χ0) is 29.3. The van der Waals surface area contributed by atoms with E-state index in [1.807, 2.05) is 6.07 Å². The van der Waals surface area contributed by atoms with E-state index in [-0.39, 0.29) is 45.8 Å². The number of esters is 1. The third kappa shape index (κ3) is 6.04. The summed E-state index contributed by atoms with van der Waals surface area (Å²) in [5.74, 6) is -1.95. The largest absolute Gasteiger partial charge is 0.466 e. The fourth-order valence-electron chi connectivity index (χ4n) is 4.32. The number of nitrogens with zero attached hydrogens (tertiary/aromatic N) is 3. The standard InChI is InChI=1S/C25H24F3N5O5S/c1-14-20(22(34)38-2)21(19-8-7-15(13-29)11-16(19)9-10-39(3,36)37)33(24(31)35)23(30)32(14)18-6-4-5-17(12-18)25(26,27)28/h4-8,11-12,21,30H,9-10H2,1-3H3,(H2,31,35)/t21-/m1/s1. The fraction of sp³-hybridized carbons (Fsp3) is 0.280. The van der Waals surface area contributed by atoms with Crippen LogP contribution in [-0.4, -0.2) is 50.4 Å². The van der Waals surface area contributed by atoms with Crippen LogP contribution in [0.2, 0.25) is 0 Å². The topological polar surface area (TPSA) is 158 Å². The Morgan fingerprint density at radius 3 is 2.41 bits per heavy atom. The van der Waals surface area contributed by atoms with E-state index < -0.39 is 45.6 Å². The van der Waals surface area contributed by atoms with Gasteiger partial charge >= 0.3 is 18.2 Å². The molecule has 0 radical (unpaired) electrons. The molecule has 14 heteroatoms. The summed E-state index contributed by atoms with van der Waals surface area (Å²) in [7, 11) is -2.41. The van der Waals surface area contributed by atoms with Crippen molar-refractivity contribution in [3.05, 3.63) is 76.0 Å². The first kappa shape index (κ1) is 29.2. The number of nitriles is 1. The molecule has 3 N–H and O–H groups in total. The number of methoxy groups -OCH3 is 1. The van der Waals surface area contributed by atoms with Gasteiger partial charge in [0.05, 0.1) is 35.6 Å². The van der Waals surface area contributed by atoms with Crippen LogP contribution in [-0.2, 0) is 32.0 Å². The third-order valence-corrected chi connectivity index (χ3v) is 7.03. The minimum Gasteiger partial charge on any atom is -0.466 e. The second-order valence-electron chi connectivity index (χ2n) is 8.71. The van der Waals surface area contributed by atoms with Crippen LogP contribution < -0.4 is 10.6 Å². The van der Waals surface area contributed by atoms with E-state index in [1.165, 1.54) is 31.2 Å². The van der Waals surface area contributed by atoms with E-state index in [0.717, 1.165) is 36.5 Å². The number of ether oxygens (including phenoxy) is 1. The van der Waals surface area contributed by atoms with Crippen molar-refractivity contribution < 1.29 is 35.9 Å². The molecule has 2 amide bonds. The van der Waals surface area contributed by atoms with Crippen molar-refractivity contribution in [3.8, 4) is 6.07 Å². The van der Waals surface area contributed by atoms with Crippen LogP contribution in [0.3, 0.4) is 0 Å². The Morgan fingerprint density at radius 1 is 1.21 bits per heavy atom. The smallest absolute Gasteiger partial charge is 0.416 e. The Balaban J connectivity index is 2.34. The number of sulfone groups is 1. The highest BCUT2D eigenvalue weighted by Crippen LogP contribution is 2.42. The van der Waals surface area contributed by atoms with Crippen molar-refractivity contribution >= 4 is 33.5 Å². The van der Waals surface area contributed by atoms with Gasteiger partial charge in [0, 0.05) is 17.6 Å². The van der Waals surface area contributed by atoms with Crippen molar-refractivity contribution in [2.45, 2.75) is 25.6 Å². The number of allylic oxidation sites excluding steroid dienone is 1. The zero-order valence-corrected chi connectivity index (χ0v) is 21.9. The first-order chi connectivity index (χ1) is 18.1. The molecular weight excluding hydrogens is 539 g/mol. The molecule has 0 spiro atoms. The summed E-state index contributed by atoms with van der Waals surface area (Å²) < 4.78 is 69.0. The second-order valence-corrected chi connectivity index (χ2v) is 11.0. The average molecular weight is 564 g/mol. The van der Waals surface area contributed by atoms with Gasteiger partial charge in [-0.15, -0.1) is 0 Å². The van der Waals surface area contributed by atoms with Gasteiger partial charge in [-0.3, -0.25) is 15.2 Å². The SMILES string of the molecule is COC(=O)C1=C(C)N(c2cccc(C(F)(F)F)c2)C(=N)N(C(N)=O)[C@@H]1c1ccc(C#N)cc1CCS(C)(=O)=O. The predicted molar refractivity (Wildman–Crippen MR) is 135 cm³/mol. The summed E-state index contributed by atoms with van der Waals surface area (Å²) in [5, 5.41) is 18.2. The summed E-state index contributed by atoms with van der Waals surface area (Å²) >= 11 is 0. The van der Waals surface area contributed by atoms with Crippen molar-refractivity contribution in [2.24, 2.45) is 5.73 Å². The van der Waals surface area contributed by atoms with E-state index in [0.29, 0.717) is 4.90 Å². The Labute approximate surface area is 222 Å². The number of halogens is 3. The number of amides is 2. The molecule has 1 aliphatic heterocycles. The highest BCUT2D eigenvalue weighted by molar-refractivity contribution is 7.90. The average Bonchev–Trinajstić information content (AvgIpc) is 2.85. The molecule has 0 fully saturated rings. The first-order valence-electron chi connectivity index (χ1n) is 11.2. The molecule has 1 heterocycles. The van der Waals surface area contributed by atoms with Gasteiger partial charge < -0.3 is 10.5 Å². The summed E-state index contributed by atoms with van der Waals surface area (Å²) in [5.41, 5.74) is 4.83. The number of nitrogens with one attached hydrogen (secondary N) is 1. The fourth-order valence-corrected chi connectivity index (χ4v) is 4.91. The number of hydrogen-bond acceptors (Lipinski definition) is 7. The molecule has 1 atom stereocenters. The number of anilines is 1. The number of rotatable bonds is 6. The number of alkyl halides is 3. The molecule has 3 rings (SSSR count). The molecule has 10 nitrogen and oxygen atoms in total. The summed E-state index contributed by atoms with van der Waals surface area (Å²) in [6.45, 7) is 1.37. The van der Waals surface area contributed by atoms with Crippen molar-refractivity contribution in [3.63, 3.8) is 0 Å². The Hall–Kier alpha value is -4.38. The number of guanidine groups is 1. The number of nitrogens with two attached hydrogens (primary N) is 1. The Morgan fingerprint density at radius 2 is 1.87 bits per heavy atom. The van der Waals surface area contributed by atoms with Gasteiger partial charge in [-0.1, -0.05) is 12.1 Å². The van der Waals surface area contributed by atoms with E-state index in [1.54, 1.807) is 0 Å². The summed E-state index contributed by atoms with van der Waals surface area (Å²) in [6.07, 6.45) is -3.80. The molecule has 0 aliphatic carbocycles. The van der Waals surface area contributed by atoms with Gasteiger partial charge in [0.15, 0.2) is 0 Å². The van der Waals surface area contributed by atoms with Crippen molar-refractivity contribution in [2.75, 3.05) is 24.0 Å². The van der Waals surface area contributed by atoms with E-state index in [4.69, 9.17) is 15.9 Å². The van der Waals surface area contributed by atoms with Crippen LogP contribution >= 0.6 is 0 Å². The van der Waals surface area contributed by atoms with Gasteiger partial charge in [0.25, 0.3) is 0 Å². The Bertz CT molecular complexity index is 1530. The van der Waals surface area contributed by atoms with Gasteiger partial charge in [-0.05, 0) is 54.8 Å². The lowest BCUT2D eigenvalue weighted by atomic mass is 9.88. The quantitative estimate of drug-likeness (QED) is 0.509. The molecule has 0 unspecified atom stereocenters. The summed E-state index contributed by atoms with van der Waals surface area (Å²) in [6, 6.07) is 7.45. The van der Waals surface area contributed by atoms with E-state index in [9.17, 15) is 36.4 Å². The van der Waals surface area contributed by atoms with Crippen LogP contribution in [0.15, 0.2) is 53.7 Å². The highest BCUT2D eigenvalue weighted by atomic mass is 32.2. The van der Waals surface area contributed by atoms with Gasteiger partial charge in [-0.2, -0.15) is 18.4 Å². The molecule has 0 bridgehead atoms. The van der Waals surface area contributed by atoms with Crippen LogP contribution in [0.4, 0.5) is 23.7 Å². The molecule has 2 aromatic rings. The number of urea groups is 1. The van der Waals surface area contributed by atoms with E-state index in [2.05, 4.69) is 0 Å². The third-order valence-electron chi connectivity index (χ3n) is 6.08. The first-order valence-corrected chi connectivity index (χ1v) is 13.3. The number of carbonyl (C=O) groups is 2. The minimum atomic E-state index is -4.71. The number of primary amides is 1. The maximum absolute atomic E-state index is 13.4. The van der Waals surface area contributed by atoms with Gasteiger partial charge in [0.2, 0.25) is 5.96 Å². The van der Waals surface area contributed by atoms with Crippen LogP contribution in [0.25, 0.3) is 0 Å². The molecule has 0 saturated carbocycles. The van der Waals surface area contributed by atoms with Gasteiger partial charge in [-0.25, -0.2) is 18.0 Å². The highest BCUT2D eigenvalue weighted by Gasteiger charge is 2.44.